The number of allylic oxidation sites excluding steroid dienone is 2. The fourth-order valence-corrected chi connectivity index (χ4v) is 11.2. The maximum absolute atomic E-state index is 14.5. The Morgan fingerprint density at radius 1 is 0.680 bits per heavy atom. The number of ether oxygens (including phenoxy) is 5. The average molecular weight is 743 g/mol. The zero-order chi connectivity index (χ0) is 35.5. The smallest absolute Gasteiger partial charge is 0.449 e. The highest BCUT2D eigenvalue weighted by atomic mass is 32.2. The van der Waals surface area contributed by atoms with Crippen molar-refractivity contribution in [2.45, 2.75) is 127 Å². The van der Waals surface area contributed by atoms with E-state index in [2.05, 4.69) is 13.8 Å². The lowest BCUT2D eigenvalue weighted by Gasteiger charge is -2.57. The first kappa shape index (κ1) is 35.7. The third-order valence-corrected chi connectivity index (χ3v) is 13.7. The number of halogens is 6. The lowest BCUT2D eigenvalue weighted by molar-refractivity contribution is -0.558. The molecule has 50 heavy (non-hydrogen) atoms. The molecule has 12 atom stereocenters. The van der Waals surface area contributed by atoms with Gasteiger partial charge in [0.15, 0.2) is 11.2 Å². The molecule has 4 bridgehead atoms. The van der Waals surface area contributed by atoms with Gasteiger partial charge in [0.25, 0.3) is 0 Å². The molecule has 0 radical (unpaired) electrons. The lowest BCUT2D eigenvalue weighted by atomic mass is 9.59. The number of hydrogen-bond acceptors (Lipinski definition) is 10. The van der Waals surface area contributed by atoms with Crippen LogP contribution in [0, 0.1) is 35.5 Å². The largest absolute Gasteiger partial charge is 0.456 e. The molecule has 2 aliphatic carbocycles. The van der Waals surface area contributed by atoms with E-state index in [4.69, 9.17) is 43.2 Å². The van der Waals surface area contributed by atoms with Crippen LogP contribution in [0.1, 0.15) is 79.1 Å². The molecule has 2 saturated carbocycles. The molecule has 8 aliphatic heterocycles. The predicted octanol–water partition coefficient (Wildman–Crippen LogP) is 7.86. The Balaban J connectivity index is 0.987. The maximum atomic E-state index is 14.5. The first-order valence-electron chi connectivity index (χ1n) is 17.7. The molecule has 0 aromatic rings. The fourth-order valence-electron chi connectivity index (χ4n) is 10.3. The maximum Gasteiger partial charge on any atom is 0.449 e. The SMILES string of the molecule is C[C@@H]1CC[C@H]2C(COCCSCC3=C(C(F)(F)F)O[C@@H]4OC5(C)CCC6[C@H](C)CC[C@@H]3[C@]64OO5)=C(C(F)(F)F)O[C@@H]3OC4(C)CCC1[C@]32OO4. The van der Waals surface area contributed by atoms with Gasteiger partial charge in [-0.05, 0) is 69.8 Å². The van der Waals surface area contributed by atoms with E-state index in [1.54, 1.807) is 13.8 Å². The normalized spacial score (nSPS) is 46.8. The Morgan fingerprint density at radius 3 is 1.66 bits per heavy atom. The molecule has 0 aromatic carbocycles. The zero-order valence-corrected chi connectivity index (χ0v) is 29.3. The number of hydrogen-bond donors (Lipinski definition) is 0. The van der Waals surface area contributed by atoms with E-state index < -0.39 is 71.1 Å². The monoisotopic (exact) mass is 742 g/mol. The molecule has 0 amide bonds. The Hall–Kier alpha value is -1.27. The van der Waals surface area contributed by atoms with Crippen molar-refractivity contribution >= 4 is 11.8 Å². The summed E-state index contributed by atoms with van der Waals surface area (Å²) in [4.78, 5) is 23.5. The van der Waals surface area contributed by atoms with Gasteiger partial charge in [0.1, 0.15) is 0 Å². The topological polar surface area (TPSA) is 83.1 Å². The van der Waals surface area contributed by atoms with Crippen molar-refractivity contribution in [3.8, 4) is 0 Å². The van der Waals surface area contributed by atoms with E-state index in [-0.39, 0.29) is 59.5 Å². The van der Waals surface area contributed by atoms with Crippen molar-refractivity contribution in [3.05, 3.63) is 22.7 Å². The summed E-state index contributed by atoms with van der Waals surface area (Å²) in [5.74, 6) is -5.79. The highest BCUT2D eigenvalue weighted by molar-refractivity contribution is 7.99. The van der Waals surface area contributed by atoms with Gasteiger partial charge >= 0.3 is 12.4 Å². The van der Waals surface area contributed by atoms with Gasteiger partial charge in [-0.25, -0.2) is 19.6 Å². The van der Waals surface area contributed by atoms with Crippen molar-refractivity contribution in [2.75, 3.05) is 24.7 Å². The van der Waals surface area contributed by atoms with E-state index in [9.17, 15) is 26.3 Å². The van der Waals surface area contributed by atoms with Gasteiger partial charge in [0.2, 0.25) is 35.7 Å². The van der Waals surface area contributed by atoms with Crippen LogP contribution in [0.25, 0.3) is 0 Å². The molecule has 0 N–H and O–H groups in total. The molecule has 0 aromatic heterocycles. The van der Waals surface area contributed by atoms with Crippen LogP contribution in [-0.4, -0.2) is 72.4 Å². The molecule has 16 heteroatoms. The molecule has 9 nitrogen and oxygen atoms in total. The second kappa shape index (κ2) is 12.1. The summed E-state index contributed by atoms with van der Waals surface area (Å²) in [5, 5.41) is 0. The van der Waals surface area contributed by atoms with E-state index in [0.29, 0.717) is 51.4 Å². The minimum Gasteiger partial charge on any atom is -0.456 e. The van der Waals surface area contributed by atoms with Crippen LogP contribution in [0.15, 0.2) is 22.7 Å². The number of alkyl halides is 6. The summed E-state index contributed by atoms with van der Waals surface area (Å²) in [6.45, 7) is 7.03. The molecule has 282 valence electrons. The van der Waals surface area contributed by atoms with Crippen LogP contribution < -0.4 is 0 Å². The van der Waals surface area contributed by atoms with Gasteiger partial charge in [-0.1, -0.05) is 13.8 Å². The van der Waals surface area contributed by atoms with Crippen LogP contribution in [-0.2, 0) is 43.2 Å². The first-order valence-corrected chi connectivity index (χ1v) is 18.8. The molecule has 10 rings (SSSR count). The molecule has 8 heterocycles. The number of rotatable bonds is 7. The summed E-state index contributed by atoms with van der Waals surface area (Å²) in [6, 6.07) is 0. The Morgan fingerprint density at radius 2 is 1.16 bits per heavy atom. The highest BCUT2D eigenvalue weighted by Crippen LogP contribution is 2.63. The van der Waals surface area contributed by atoms with Crippen molar-refractivity contribution in [1.29, 1.82) is 0 Å². The third kappa shape index (κ3) is 5.46. The van der Waals surface area contributed by atoms with Crippen molar-refractivity contribution in [2.24, 2.45) is 35.5 Å². The zero-order valence-electron chi connectivity index (χ0n) is 28.5. The molecule has 4 unspecified atom stereocenters. The molecule has 8 fully saturated rings. The highest BCUT2D eigenvalue weighted by Gasteiger charge is 2.71. The third-order valence-electron chi connectivity index (χ3n) is 12.7. The number of fused-ring (bicyclic) bond motifs is 4. The van der Waals surface area contributed by atoms with Gasteiger partial charge in [-0.3, -0.25) is 0 Å². The lowest BCUT2D eigenvalue weighted by Crippen LogP contribution is -2.67. The van der Waals surface area contributed by atoms with Crippen LogP contribution in [0.3, 0.4) is 0 Å². The van der Waals surface area contributed by atoms with Gasteiger partial charge in [0.05, 0.1) is 13.2 Å². The summed E-state index contributed by atoms with van der Waals surface area (Å²) in [5.41, 5.74) is -2.45. The predicted molar refractivity (Wildman–Crippen MR) is 162 cm³/mol. The van der Waals surface area contributed by atoms with Crippen LogP contribution in [0.5, 0.6) is 0 Å². The van der Waals surface area contributed by atoms with E-state index >= 15 is 0 Å². The Kier molecular flexibility index (Phi) is 8.67. The summed E-state index contributed by atoms with van der Waals surface area (Å²) in [7, 11) is 0. The quantitative estimate of drug-likeness (QED) is 0.146. The summed E-state index contributed by atoms with van der Waals surface area (Å²) >= 11 is 1.20. The average Bonchev–Trinajstić information content (AvgIpc) is 3.41. The molecular weight excluding hydrogens is 698 g/mol. The van der Waals surface area contributed by atoms with Crippen molar-refractivity contribution < 1.29 is 69.6 Å². The van der Waals surface area contributed by atoms with Gasteiger partial charge in [-0.2, -0.15) is 38.1 Å². The first-order chi connectivity index (χ1) is 23.5. The Labute approximate surface area is 290 Å². The Bertz CT molecular complexity index is 1320. The van der Waals surface area contributed by atoms with Crippen LogP contribution >= 0.6 is 11.8 Å². The molecule has 2 spiro atoms. The molecule has 6 saturated heterocycles. The molecule has 10 aliphatic rings. The second-order valence-corrected chi connectivity index (χ2v) is 16.9. The van der Waals surface area contributed by atoms with Crippen molar-refractivity contribution in [1.82, 2.24) is 0 Å². The van der Waals surface area contributed by atoms with Crippen LogP contribution in [0.2, 0.25) is 0 Å². The van der Waals surface area contributed by atoms with Crippen LogP contribution in [0.4, 0.5) is 26.3 Å². The fraction of sp³-hybridized carbons (Fsp3) is 0.882. The van der Waals surface area contributed by atoms with E-state index in [0.717, 1.165) is 0 Å². The van der Waals surface area contributed by atoms with E-state index in [1.165, 1.54) is 11.8 Å². The van der Waals surface area contributed by atoms with Crippen molar-refractivity contribution in [3.63, 3.8) is 0 Å². The second-order valence-electron chi connectivity index (χ2n) is 15.8. The van der Waals surface area contributed by atoms with E-state index in [1.807, 2.05) is 0 Å². The summed E-state index contributed by atoms with van der Waals surface area (Å²) < 4.78 is 116. The molecular formula is C34H44F6O9S. The summed E-state index contributed by atoms with van der Waals surface area (Å²) in [6.07, 6.45) is -7.65. The van der Waals surface area contributed by atoms with Gasteiger partial charge in [-0.15, -0.1) is 0 Å². The number of thioether (sulfide) groups is 1. The van der Waals surface area contributed by atoms with Gasteiger partial charge < -0.3 is 23.7 Å². The minimum atomic E-state index is -4.80. The minimum absolute atomic E-state index is 0.0110. The standard InChI is InChI=1S/C34H44F6O9S/c1-17-5-7-23-19(25(33(35,36)37)42-27-31(23)21(17)9-11-29(3,44-27)46-48-31)15-41-13-14-50-16-20-24-8-6-18(2)22-10-12-30(4)45-28(32(22,24)49-47-30)43-26(20)34(38,39)40/h17-18,21-24,27-28H,5-16H2,1-4H3/t17-,18-,21?,22?,23+,24+,27-,28-,29?,30?,31-,32-/m1/s1. The van der Waals surface area contributed by atoms with Gasteiger partial charge in [0, 0.05) is 53.6 Å².